The van der Waals surface area contributed by atoms with Gasteiger partial charge >= 0.3 is 0 Å². The quantitative estimate of drug-likeness (QED) is 0.396. The number of carbonyl (C=O) groups excluding carboxylic acids is 1. The van der Waals surface area contributed by atoms with Crippen LogP contribution in [0.4, 0.5) is 4.39 Å². The van der Waals surface area contributed by atoms with E-state index in [1.165, 1.54) is 23.5 Å². The number of benzene rings is 2. The zero-order chi connectivity index (χ0) is 26.3. The van der Waals surface area contributed by atoms with E-state index >= 15 is 0 Å². The predicted octanol–water partition coefficient (Wildman–Crippen LogP) is 4.78. The number of aliphatic hydroxyl groups is 1. The Bertz CT molecular complexity index is 1530. The average Bonchev–Trinajstić information content (AvgIpc) is 3.47. The topological polar surface area (TPSA) is 108 Å². The number of carbonyl (C=O) groups is 1. The minimum absolute atomic E-state index is 0.0280. The van der Waals surface area contributed by atoms with Crippen molar-refractivity contribution in [2.75, 3.05) is 13.1 Å². The highest BCUT2D eigenvalue weighted by atomic mass is 32.1. The molecule has 0 unspecified atom stereocenters. The first kappa shape index (κ1) is 25.1. The minimum Gasteiger partial charge on any atom is -0.389 e. The number of rotatable bonds is 5. The highest BCUT2D eigenvalue weighted by molar-refractivity contribution is 7.18. The van der Waals surface area contributed by atoms with E-state index in [0.717, 1.165) is 39.7 Å². The van der Waals surface area contributed by atoms with Crippen molar-refractivity contribution in [2.24, 2.45) is 5.73 Å². The van der Waals surface area contributed by atoms with Crippen molar-refractivity contribution < 1.29 is 14.3 Å². The van der Waals surface area contributed by atoms with Crippen LogP contribution < -0.4 is 5.73 Å². The molecule has 1 amide bonds. The summed E-state index contributed by atoms with van der Waals surface area (Å²) in [5.74, 6) is -0.684. The van der Waals surface area contributed by atoms with Crippen molar-refractivity contribution in [3.63, 3.8) is 0 Å². The highest BCUT2D eigenvalue weighted by Crippen LogP contribution is 2.41. The fourth-order valence-electron chi connectivity index (χ4n) is 4.77. The third-order valence-electron chi connectivity index (χ3n) is 6.53. The summed E-state index contributed by atoms with van der Waals surface area (Å²) in [5, 5.41) is 24.7. The maximum absolute atomic E-state index is 14.6. The van der Waals surface area contributed by atoms with E-state index in [1.807, 2.05) is 30.3 Å². The Morgan fingerprint density at radius 1 is 1.27 bits per heavy atom. The Morgan fingerprint density at radius 3 is 2.76 bits per heavy atom. The molecule has 37 heavy (non-hydrogen) atoms. The van der Waals surface area contributed by atoms with E-state index in [9.17, 15) is 14.3 Å². The molecule has 9 heteroatoms. The molecule has 0 radical (unpaired) electrons. The smallest absolute Gasteiger partial charge is 0.264 e. The van der Waals surface area contributed by atoms with Crippen LogP contribution in [0.25, 0.3) is 32.5 Å². The van der Waals surface area contributed by atoms with Crippen molar-refractivity contribution >= 4 is 28.1 Å². The molecule has 2 aromatic carbocycles. The van der Waals surface area contributed by atoms with Crippen LogP contribution in [0, 0.1) is 17.1 Å². The molecule has 7 nitrogen and oxygen atoms in total. The summed E-state index contributed by atoms with van der Waals surface area (Å²) < 4.78 is 16.3. The largest absolute Gasteiger partial charge is 0.389 e. The fraction of sp³-hybridized carbons (Fsp3) is 0.321. The number of likely N-dealkylation sites (tertiary alicyclic amines) is 1. The summed E-state index contributed by atoms with van der Waals surface area (Å²) in [7, 11) is 0. The second kappa shape index (κ2) is 9.71. The number of amides is 1. The Balaban J connectivity index is 1.60. The Labute approximate surface area is 218 Å². The molecule has 3 heterocycles. The lowest BCUT2D eigenvalue weighted by molar-refractivity contribution is 0.0591. The molecule has 3 N–H and O–H groups in total. The number of fused-ring (bicyclic) bond motifs is 1. The van der Waals surface area contributed by atoms with Gasteiger partial charge in [-0.05, 0) is 68.1 Å². The highest BCUT2D eigenvalue weighted by Gasteiger charge is 2.26. The van der Waals surface area contributed by atoms with Gasteiger partial charge in [-0.2, -0.15) is 10.4 Å². The van der Waals surface area contributed by atoms with Crippen LogP contribution >= 0.6 is 11.3 Å². The van der Waals surface area contributed by atoms with Gasteiger partial charge < -0.3 is 15.7 Å². The van der Waals surface area contributed by atoms with Crippen molar-refractivity contribution in [3.8, 4) is 27.6 Å². The maximum Gasteiger partial charge on any atom is 0.264 e. The summed E-state index contributed by atoms with van der Waals surface area (Å²) in [6, 6.07) is 14.0. The molecule has 0 bridgehead atoms. The van der Waals surface area contributed by atoms with Crippen LogP contribution in [-0.2, 0) is 6.54 Å². The number of hydrogen-bond acceptors (Lipinski definition) is 6. The standard InChI is InChI=1S/C28H28FN5O2S/c1-28(2,36)16-34-24-8-7-18(10-20(24)14-32-34)26-22(17-5-6-19(13-30)23(29)11-17)12-25(37-26)27(35)33-9-3-4-21(31)15-33/h5-8,10-12,14,21,36H,3-4,9,15-16,31H2,1-2H3/t21-/m1/s1. The van der Waals surface area contributed by atoms with Gasteiger partial charge in [0.1, 0.15) is 11.9 Å². The van der Waals surface area contributed by atoms with E-state index in [2.05, 4.69) is 5.10 Å². The fourth-order valence-corrected chi connectivity index (χ4v) is 5.91. The molecule has 1 saturated heterocycles. The lowest BCUT2D eigenvalue weighted by Gasteiger charge is -2.30. The molecule has 2 aromatic heterocycles. The van der Waals surface area contributed by atoms with Gasteiger partial charge in [0.25, 0.3) is 5.91 Å². The molecule has 0 spiro atoms. The number of halogens is 1. The van der Waals surface area contributed by atoms with E-state index in [1.54, 1.807) is 35.7 Å². The first-order chi connectivity index (χ1) is 17.6. The van der Waals surface area contributed by atoms with Crippen LogP contribution in [0.3, 0.4) is 0 Å². The Kier molecular flexibility index (Phi) is 6.58. The normalized spacial score (nSPS) is 16.2. The third kappa shape index (κ3) is 5.14. The summed E-state index contributed by atoms with van der Waals surface area (Å²) >= 11 is 1.36. The van der Waals surface area contributed by atoms with Gasteiger partial charge in [0.15, 0.2) is 0 Å². The monoisotopic (exact) mass is 517 g/mol. The molecule has 190 valence electrons. The SMILES string of the molecule is CC(C)(O)Cn1ncc2cc(-c3sc(C(=O)N4CCC[C@@H](N)C4)cc3-c3ccc(C#N)c(F)c3)ccc21. The number of nitriles is 1. The lowest BCUT2D eigenvalue weighted by atomic mass is 10.00. The van der Waals surface area contributed by atoms with Crippen molar-refractivity contribution in [1.29, 1.82) is 5.26 Å². The van der Waals surface area contributed by atoms with Gasteiger partial charge in [-0.1, -0.05) is 12.1 Å². The first-order valence-corrected chi connectivity index (χ1v) is 13.0. The molecule has 5 rings (SSSR count). The average molecular weight is 518 g/mol. The summed E-state index contributed by atoms with van der Waals surface area (Å²) in [4.78, 5) is 16.6. The Morgan fingerprint density at radius 2 is 2.05 bits per heavy atom. The summed E-state index contributed by atoms with van der Waals surface area (Å²) in [6.07, 6.45) is 3.51. The molecule has 1 atom stereocenters. The molecule has 0 aliphatic carbocycles. The van der Waals surface area contributed by atoms with E-state index in [4.69, 9.17) is 11.0 Å². The summed E-state index contributed by atoms with van der Waals surface area (Å²) in [5.41, 5.74) is 8.24. The van der Waals surface area contributed by atoms with Crippen molar-refractivity contribution in [1.82, 2.24) is 14.7 Å². The van der Waals surface area contributed by atoms with Gasteiger partial charge in [-0.15, -0.1) is 11.3 Å². The zero-order valence-corrected chi connectivity index (χ0v) is 21.6. The molecule has 1 aliphatic heterocycles. The summed E-state index contributed by atoms with van der Waals surface area (Å²) in [6.45, 7) is 4.99. The number of thiophene rings is 1. The molecule has 1 aliphatic rings. The van der Waals surface area contributed by atoms with Gasteiger partial charge in [0, 0.05) is 35.0 Å². The van der Waals surface area contributed by atoms with Crippen LogP contribution in [-0.4, -0.2) is 50.4 Å². The second-order valence-corrected chi connectivity index (χ2v) is 11.3. The van der Waals surface area contributed by atoms with Crippen LogP contribution in [0.1, 0.15) is 41.9 Å². The number of aromatic nitrogens is 2. The zero-order valence-electron chi connectivity index (χ0n) is 20.7. The number of hydrogen-bond donors (Lipinski definition) is 2. The van der Waals surface area contributed by atoms with Crippen LogP contribution in [0.15, 0.2) is 48.7 Å². The molecular formula is C28H28FN5O2S. The molecule has 1 fully saturated rings. The van der Waals surface area contributed by atoms with E-state index in [-0.39, 0.29) is 17.5 Å². The predicted molar refractivity (Wildman–Crippen MR) is 143 cm³/mol. The van der Waals surface area contributed by atoms with E-state index < -0.39 is 11.4 Å². The van der Waals surface area contributed by atoms with Crippen LogP contribution in [0.5, 0.6) is 0 Å². The second-order valence-electron chi connectivity index (χ2n) is 10.2. The number of nitrogens with zero attached hydrogens (tertiary/aromatic N) is 4. The maximum atomic E-state index is 14.6. The van der Waals surface area contributed by atoms with Crippen molar-refractivity contribution in [2.45, 2.75) is 44.9 Å². The van der Waals surface area contributed by atoms with Gasteiger partial charge in [-0.25, -0.2) is 4.39 Å². The third-order valence-corrected chi connectivity index (χ3v) is 7.70. The van der Waals surface area contributed by atoms with Gasteiger partial charge in [0.05, 0.1) is 34.3 Å². The first-order valence-electron chi connectivity index (χ1n) is 12.2. The minimum atomic E-state index is -0.912. The number of piperidine rings is 1. The van der Waals surface area contributed by atoms with Gasteiger partial charge in [0.2, 0.25) is 0 Å². The molecule has 4 aromatic rings. The Hall–Kier alpha value is -3.58. The van der Waals surface area contributed by atoms with E-state index in [0.29, 0.717) is 30.1 Å². The number of nitrogens with two attached hydrogens (primary N) is 1. The molecule has 0 saturated carbocycles. The van der Waals surface area contributed by atoms with Gasteiger partial charge in [-0.3, -0.25) is 9.48 Å². The van der Waals surface area contributed by atoms with Crippen molar-refractivity contribution in [3.05, 3.63) is 64.9 Å². The molecular weight excluding hydrogens is 489 g/mol. The van der Waals surface area contributed by atoms with Crippen LogP contribution in [0.2, 0.25) is 0 Å². The lowest BCUT2D eigenvalue weighted by Crippen LogP contribution is -2.45.